The fourth-order valence-electron chi connectivity index (χ4n) is 5.47. The first-order valence-electron chi connectivity index (χ1n) is 16.6. The molecular formula is C35H56O5. The molecule has 0 radical (unpaired) electrons. The minimum absolute atomic E-state index is 0.255. The number of ketones is 1. The van der Waals surface area contributed by atoms with Crippen molar-refractivity contribution in [2.75, 3.05) is 6.61 Å². The van der Waals surface area contributed by atoms with Gasteiger partial charge in [-0.25, -0.2) is 9.59 Å². The molecule has 1 aliphatic rings. The Morgan fingerprint density at radius 1 is 0.575 bits per heavy atom. The van der Waals surface area contributed by atoms with Crippen molar-refractivity contribution in [2.45, 2.75) is 160 Å². The molecule has 1 heterocycles. The van der Waals surface area contributed by atoms with Crippen LogP contribution in [0.25, 0.3) is 0 Å². The van der Waals surface area contributed by atoms with E-state index in [1.807, 2.05) is 6.07 Å². The van der Waals surface area contributed by atoms with E-state index in [1.54, 1.807) is 24.3 Å². The Morgan fingerprint density at radius 2 is 1.00 bits per heavy atom. The summed E-state index contributed by atoms with van der Waals surface area (Å²) in [5.74, 6) is -0.653. The zero-order chi connectivity index (χ0) is 28.5. The molecule has 1 fully saturated rings. The highest BCUT2D eigenvalue weighted by molar-refractivity contribution is 5.91. The van der Waals surface area contributed by atoms with Crippen LogP contribution in [-0.2, 0) is 19.1 Å². The molecule has 1 aliphatic heterocycles. The van der Waals surface area contributed by atoms with E-state index in [-0.39, 0.29) is 6.61 Å². The van der Waals surface area contributed by atoms with Crippen molar-refractivity contribution >= 4 is 17.7 Å². The maximum atomic E-state index is 12.8. The second-order valence-electron chi connectivity index (χ2n) is 11.7. The topological polar surface area (TPSA) is 69.7 Å². The minimum Gasteiger partial charge on any atom is -0.463 e. The average Bonchev–Trinajstić information content (AvgIpc) is 2.96. The Morgan fingerprint density at radius 3 is 1.50 bits per heavy atom. The van der Waals surface area contributed by atoms with Gasteiger partial charge in [0, 0.05) is 12.8 Å². The SMILES string of the molecule is O=C1CCCCCCCCCCCCCCCCCCCCCC(OC(=O)c2ccccc2)C(=O)OCCCC1. The molecule has 5 heteroatoms. The van der Waals surface area contributed by atoms with Crippen molar-refractivity contribution in [3.05, 3.63) is 35.9 Å². The highest BCUT2D eigenvalue weighted by Gasteiger charge is 2.25. The predicted molar refractivity (Wildman–Crippen MR) is 162 cm³/mol. The fourth-order valence-corrected chi connectivity index (χ4v) is 5.47. The van der Waals surface area contributed by atoms with Crippen molar-refractivity contribution in [1.29, 1.82) is 0 Å². The summed E-state index contributed by atoms with van der Waals surface area (Å²) in [7, 11) is 0. The van der Waals surface area contributed by atoms with E-state index in [2.05, 4.69) is 0 Å². The van der Waals surface area contributed by atoms with Gasteiger partial charge in [-0.1, -0.05) is 127 Å². The third-order valence-electron chi connectivity index (χ3n) is 8.04. The number of esters is 2. The van der Waals surface area contributed by atoms with Crippen LogP contribution in [0.3, 0.4) is 0 Å². The smallest absolute Gasteiger partial charge is 0.347 e. The summed E-state index contributed by atoms with van der Waals surface area (Å²) in [5.41, 5.74) is 0.437. The lowest BCUT2D eigenvalue weighted by atomic mass is 10.0. The van der Waals surface area contributed by atoms with E-state index in [4.69, 9.17) is 9.47 Å². The van der Waals surface area contributed by atoms with Crippen LogP contribution in [-0.4, -0.2) is 30.4 Å². The van der Waals surface area contributed by atoms with E-state index in [0.717, 1.165) is 38.5 Å². The maximum Gasteiger partial charge on any atom is 0.347 e. The molecule has 0 saturated carbocycles. The molecule has 0 N–H and O–H groups in total. The first-order valence-corrected chi connectivity index (χ1v) is 16.6. The predicted octanol–water partition coefficient (Wildman–Crippen LogP) is 9.70. The third-order valence-corrected chi connectivity index (χ3v) is 8.04. The van der Waals surface area contributed by atoms with Crippen LogP contribution in [0, 0.1) is 0 Å². The number of carbonyl (C=O) groups is 3. The van der Waals surface area contributed by atoms with Gasteiger partial charge in [0.15, 0.2) is 6.10 Å². The molecule has 0 amide bonds. The number of benzene rings is 1. The van der Waals surface area contributed by atoms with Gasteiger partial charge in [0.1, 0.15) is 5.78 Å². The average molecular weight is 557 g/mol. The molecular weight excluding hydrogens is 500 g/mol. The highest BCUT2D eigenvalue weighted by Crippen LogP contribution is 2.17. The largest absolute Gasteiger partial charge is 0.463 e. The minimum atomic E-state index is -0.884. The van der Waals surface area contributed by atoms with E-state index in [0.29, 0.717) is 37.0 Å². The molecule has 1 aromatic carbocycles. The van der Waals surface area contributed by atoms with E-state index in [1.165, 1.54) is 89.9 Å². The summed E-state index contributed by atoms with van der Waals surface area (Å²) in [6.07, 6.45) is 25.9. The van der Waals surface area contributed by atoms with E-state index < -0.39 is 18.0 Å². The summed E-state index contributed by atoms with van der Waals surface area (Å²) in [6, 6.07) is 8.79. The molecule has 0 aliphatic carbocycles. The molecule has 0 bridgehead atoms. The lowest BCUT2D eigenvalue weighted by Crippen LogP contribution is -2.29. The summed E-state index contributed by atoms with van der Waals surface area (Å²) < 4.78 is 11.1. The Bertz CT molecular complexity index is 790. The highest BCUT2D eigenvalue weighted by atomic mass is 16.6. The van der Waals surface area contributed by atoms with Gasteiger partial charge in [-0.15, -0.1) is 0 Å². The quantitative estimate of drug-likeness (QED) is 0.339. The molecule has 0 aromatic heterocycles. The van der Waals surface area contributed by atoms with Gasteiger partial charge in [-0.2, -0.15) is 0 Å². The van der Waals surface area contributed by atoms with Crippen LogP contribution in [0.15, 0.2) is 30.3 Å². The van der Waals surface area contributed by atoms with Gasteiger partial charge in [0.05, 0.1) is 12.2 Å². The Labute approximate surface area is 244 Å². The van der Waals surface area contributed by atoms with Crippen molar-refractivity contribution < 1.29 is 23.9 Å². The third kappa shape index (κ3) is 17.5. The molecule has 1 saturated heterocycles. The number of rotatable bonds is 2. The van der Waals surface area contributed by atoms with Gasteiger partial charge < -0.3 is 9.47 Å². The molecule has 0 spiro atoms. The number of cyclic esters (lactones) is 1. The Hall–Kier alpha value is -2.17. The monoisotopic (exact) mass is 556 g/mol. The Kier molecular flexibility index (Phi) is 20.0. The van der Waals surface area contributed by atoms with Gasteiger partial charge >= 0.3 is 11.9 Å². The van der Waals surface area contributed by atoms with E-state index in [9.17, 15) is 14.4 Å². The molecule has 1 aromatic rings. The van der Waals surface area contributed by atoms with Crippen LogP contribution in [0.2, 0.25) is 0 Å². The van der Waals surface area contributed by atoms with Crippen molar-refractivity contribution in [3.8, 4) is 0 Å². The Balaban J connectivity index is 1.78. The standard InChI is InChI=1S/C35H56O5/c36-32-27-21-16-14-12-10-8-6-4-2-1-3-5-7-9-11-13-15-17-22-29-33(35(38)39-30-24-23-28-32)40-34(37)31-25-19-18-20-26-31/h18-20,25-26,33H,1-17,21-24,27-30H2. The number of ether oxygens (including phenoxy) is 2. The summed E-state index contributed by atoms with van der Waals surface area (Å²) in [5, 5.41) is 0. The van der Waals surface area contributed by atoms with E-state index >= 15 is 0 Å². The zero-order valence-electron chi connectivity index (χ0n) is 25.2. The number of carbonyl (C=O) groups excluding carboxylic acids is 3. The van der Waals surface area contributed by atoms with Crippen molar-refractivity contribution in [2.24, 2.45) is 0 Å². The van der Waals surface area contributed by atoms with Gasteiger partial charge in [-0.3, -0.25) is 4.79 Å². The number of Topliss-reactive ketones (excluding diaryl/α,β-unsaturated/α-hetero) is 1. The first kappa shape index (κ1) is 34.0. The van der Waals surface area contributed by atoms with Crippen LogP contribution >= 0.6 is 0 Å². The summed E-state index contributed by atoms with van der Waals surface area (Å²) in [4.78, 5) is 37.6. The van der Waals surface area contributed by atoms with Gasteiger partial charge in [0.2, 0.25) is 0 Å². The molecule has 1 atom stereocenters. The molecule has 2 rings (SSSR count). The number of hydrogen-bond donors (Lipinski definition) is 0. The van der Waals surface area contributed by atoms with Gasteiger partial charge in [-0.05, 0) is 44.2 Å². The first-order chi connectivity index (χ1) is 19.7. The fraction of sp³-hybridized carbons (Fsp3) is 0.743. The molecule has 5 nitrogen and oxygen atoms in total. The van der Waals surface area contributed by atoms with Crippen LogP contribution < -0.4 is 0 Å². The molecule has 226 valence electrons. The molecule has 40 heavy (non-hydrogen) atoms. The second kappa shape index (κ2) is 23.5. The summed E-state index contributed by atoms with van der Waals surface area (Å²) >= 11 is 0. The van der Waals surface area contributed by atoms with Crippen LogP contribution in [0.5, 0.6) is 0 Å². The van der Waals surface area contributed by atoms with Crippen molar-refractivity contribution in [1.82, 2.24) is 0 Å². The lowest BCUT2D eigenvalue weighted by molar-refractivity contribution is -0.154. The van der Waals surface area contributed by atoms with Gasteiger partial charge in [0.25, 0.3) is 0 Å². The number of hydrogen-bond acceptors (Lipinski definition) is 5. The molecule has 1 unspecified atom stereocenters. The van der Waals surface area contributed by atoms with Crippen LogP contribution in [0.1, 0.15) is 164 Å². The normalized spacial score (nSPS) is 22.1. The van der Waals surface area contributed by atoms with Crippen LogP contribution in [0.4, 0.5) is 0 Å². The zero-order valence-corrected chi connectivity index (χ0v) is 25.2. The summed E-state index contributed by atoms with van der Waals surface area (Å²) in [6.45, 7) is 0.255. The van der Waals surface area contributed by atoms with Crippen molar-refractivity contribution in [3.63, 3.8) is 0 Å². The second-order valence-corrected chi connectivity index (χ2v) is 11.7. The lowest BCUT2D eigenvalue weighted by Gasteiger charge is -2.17. The maximum absolute atomic E-state index is 12.8.